The molecule has 1 heterocycles. The molecule has 1 aliphatic carbocycles. The average Bonchev–Trinajstić information content (AvgIpc) is 3.78. The molecule has 0 bridgehead atoms. The van der Waals surface area contributed by atoms with E-state index in [2.05, 4.69) is 206 Å². The molecule has 0 fully saturated rings. The molecular formula is C55H34S. The first-order valence-corrected chi connectivity index (χ1v) is 20.2. The Morgan fingerprint density at radius 2 is 0.929 bits per heavy atom. The van der Waals surface area contributed by atoms with Crippen molar-refractivity contribution in [3.8, 4) is 33.4 Å². The monoisotopic (exact) mass is 726 g/mol. The molecule has 0 saturated heterocycles. The molecule has 0 radical (unpaired) electrons. The van der Waals surface area contributed by atoms with E-state index in [9.17, 15) is 0 Å². The van der Waals surface area contributed by atoms with Crippen LogP contribution in [0, 0.1) is 0 Å². The molecule has 0 nitrogen and oxygen atoms in total. The van der Waals surface area contributed by atoms with Gasteiger partial charge in [0.1, 0.15) is 0 Å². The van der Waals surface area contributed by atoms with Crippen molar-refractivity contribution in [1.29, 1.82) is 0 Å². The fourth-order valence-corrected chi connectivity index (χ4v) is 11.1. The van der Waals surface area contributed by atoms with Crippen LogP contribution in [-0.2, 0) is 5.41 Å². The van der Waals surface area contributed by atoms with Crippen LogP contribution in [0.1, 0.15) is 22.3 Å². The van der Waals surface area contributed by atoms with Crippen LogP contribution in [0.25, 0.3) is 85.9 Å². The standard InChI is InChI=1S/C55H34S/c1-3-16-36(17-4-1)53-44-23-9-10-24-45(44)54(38-28-27-35-15-7-8-18-37(35)31-38)47-33-46-41-21-11-13-25-49(41)55(50(46)34-48(47)53,39-19-5-2-6-20-39)40-29-30-43-42-22-12-14-26-51(42)56-52(43)32-40/h1-34H. The zero-order valence-electron chi connectivity index (χ0n) is 30.5. The van der Waals surface area contributed by atoms with E-state index >= 15 is 0 Å². The third-order valence-corrected chi connectivity index (χ3v) is 13.4. The lowest BCUT2D eigenvalue weighted by molar-refractivity contribution is 0.771. The van der Waals surface area contributed by atoms with Crippen LogP contribution >= 0.6 is 11.3 Å². The van der Waals surface area contributed by atoms with Crippen molar-refractivity contribution in [3.63, 3.8) is 0 Å². The maximum atomic E-state index is 2.58. The van der Waals surface area contributed by atoms with Gasteiger partial charge >= 0.3 is 0 Å². The quantitative estimate of drug-likeness (QED) is 0.158. The Labute approximate surface area is 329 Å². The average molecular weight is 727 g/mol. The van der Waals surface area contributed by atoms with Gasteiger partial charge in [-0.1, -0.05) is 176 Å². The van der Waals surface area contributed by atoms with Crippen molar-refractivity contribution < 1.29 is 0 Å². The molecule has 1 atom stereocenters. The van der Waals surface area contributed by atoms with E-state index in [0.29, 0.717) is 0 Å². The highest BCUT2D eigenvalue weighted by Crippen LogP contribution is 2.59. The van der Waals surface area contributed by atoms with Crippen LogP contribution in [0.2, 0.25) is 0 Å². The summed E-state index contributed by atoms with van der Waals surface area (Å²) in [4.78, 5) is 0. The molecule has 0 aliphatic heterocycles. The minimum atomic E-state index is -0.533. The molecule has 0 saturated carbocycles. The van der Waals surface area contributed by atoms with Gasteiger partial charge in [-0.25, -0.2) is 0 Å². The predicted octanol–water partition coefficient (Wildman–Crippen LogP) is 15.2. The van der Waals surface area contributed by atoms with Gasteiger partial charge in [-0.3, -0.25) is 0 Å². The normalized spacial score (nSPS) is 14.9. The molecule has 0 amide bonds. The summed E-state index contributed by atoms with van der Waals surface area (Å²) in [5, 5.41) is 10.2. The molecular weight excluding hydrogens is 693 g/mol. The van der Waals surface area contributed by atoms with Gasteiger partial charge in [-0.05, 0) is 118 Å². The number of hydrogen-bond donors (Lipinski definition) is 0. The summed E-state index contributed by atoms with van der Waals surface area (Å²) in [5.41, 5.74) is 12.3. The first-order valence-electron chi connectivity index (χ1n) is 19.4. The smallest absolute Gasteiger partial charge is 0.0714 e. The van der Waals surface area contributed by atoms with Crippen LogP contribution in [0.5, 0.6) is 0 Å². The zero-order valence-corrected chi connectivity index (χ0v) is 31.4. The van der Waals surface area contributed by atoms with Gasteiger partial charge in [0.15, 0.2) is 0 Å². The van der Waals surface area contributed by atoms with E-state index in [-0.39, 0.29) is 0 Å². The van der Waals surface area contributed by atoms with Crippen LogP contribution in [-0.4, -0.2) is 0 Å². The fraction of sp³-hybridized carbons (Fsp3) is 0.0182. The van der Waals surface area contributed by atoms with Crippen molar-refractivity contribution in [1.82, 2.24) is 0 Å². The number of hydrogen-bond acceptors (Lipinski definition) is 1. The molecule has 260 valence electrons. The minimum absolute atomic E-state index is 0.533. The highest BCUT2D eigenvalue weighted by Gasteiger charge is 2.46. The minimum Gasteiger partial charge on any atom is -0.135 e. The largest absolute Gasteiger partial charge is 0.135 e. The lowest BCUT2D eigenvalue weighted by Crippen LogP contribution is -2.28. The first kappa shape index (κ1) is 31.5. The van der Waals surface area contributed by atoms with Crippen LogP contribution < -0.4 is 0 Å². The zero-order chi connectivity index (χ0) is 36.8. The molecule has 0 N–H and O–H groups in total. The maximum Gasteiger partial charge on any atom is 0.0714 e. The number of thiophene rings is 1. The van der Waals surface area contributed by atoms with E-state index in [0.717, 1.165) is 0 Å². The van der Waals surface area contributed by atoms with E-state index in [1.165, 1.54) is 108 Å². The summed E-state index contributed by atoms with van der Waals surface area (Å²) < 4.78 is 2.65. The fourth-order valence-electron chi connectivity index (χ4n) is 9.95. The topological polar surface area (TPSA) is 0 Å². The van der Waals surface area contributed by atoms with E-state index in [1.807, 2.05) is 11.3 Å². The van der Waals surface area contributed by atoms with Crippen molar-refractivity contribution in [2.75, 3.05) is 0 Å². The number of rotatable bonds is 4. The summed E-state index contributed by atoms with van der Waals surface area (Å²) in [6.07, 6.45) is 0. The van der Waals surface area contributed by atoms with Gasteiger partial charge in [0, 0.05) is 20.2 Å². The van der Waals surface area contributed by atoms with Crippen LogP contribution in [0.15, 0.2) is 206 Å². The number of fused-ring (bicyclic) bond motifs is 9. The van der Waals surface area contributed by atoms with Gasteiger partial charge in [0.05, 0.1) is 5.41 Å². The summed E-state index contributed by atoms with van der Waals surface area (Å²) in [5.74, 6) is 0. The highest BCUT2D eigenvalue weighted by atomic mass is 32.1. The van der Waals surface area contributed by atoms with Gasteiger partial charge in [-0.2, -0.15) is 0 Å². The van der Waals surface area contributed by atoms with Crippen molar-refractivity contribution in [3.05, 3.63) is 229 Å². The molecule has 1 unspecified atom stereocenters. The Kier molecular flexibility index (Phi) is 6.82. The van der Waals surface area contributed by atoms with Gasteiger partial charge in [0.2, 0.25) is 0 Å². The Bertz CT molecular complexity index is 3350. The molecule has 1 aromatic heterocycles. The molecule has 12 rings (SSSR count). The lowest BCUT2D eigenvalue weighted by Gasteiger charge is -2.34. The summed E-state index contributed by atoms with van der Waals surface area (Å²) in [7, 11) is 0. The predicted molar refractivity (Wildman–Crippen MR) is 240 cm³/mol. The SMILES string of the molecule is c1ccc(-c2c3ccccc3c(-c3ccc4ccccc4c3)c3cc4c(cc23)C(c2ccccc2)(c2ccc3c(c2)sc2ccccc23)c2ccccc2-4)cc1. The Morgan fingerprint density at radius 1 is 0.304 bits per heavy atom. The molecule has 56 heavy (non-hydrogen) atoms. The third-order valence-electron chi connectivity index (χ3n) is 12.3. The Hall–Kier alpha value is -6.80. The molecule has 0 spiro atoms. The van der Waals surface area contributed by atoms with Crippen LogP contribution in [0.3, 0.4) is 0 Å². The van der Waals surface area contributed by atoms with Crippen molar-refractivity contribution in [2.24, 2.45) is 0 Å². The van der Waals surface area contributed by atoms with Gasteiger partial charge < -0.3 is 0 Å². The summed E-state index contributed by atoms with van der Waals surface area (Å²) in [6, 6.07) is 77.3. The molecule has 10 aromatic carbocycles. The van der Waals surface area contributed by atoms with E-state index in [4.69, 9.17) is 0 Å². The third kappa shape index (κ3) is 4.41. The molecule has 1 heteroatoms. The summed E-state index contributed by atoms with van der Waals surface area (Å²) in [6.45, 7) is 0. The highest BCUT2D eigenvalue weighted by molar-refractivity contribution is 7.25. The van der Waals surface area contributed by atoms with E-state index < -0.39 is 5.41 Å². The second-order valence-corrected chi connectivity index (χ2v) is 16.2. The lowest BCUT2D eigenvalue weighted by atomic mass is 9.67. The Balaban J connectivity index is 1.26. The first-order chi connectivity index (χ1) is 27.8. The van der Waals surface area contributed by atoms with Gasteiger partial charge in [-0.15, -0.1) is 11.3 Å². The van der Waals surface area contributed by atoms with Gasteiger partial charge in [0.25, 0.3) is 0 Å². The van der Waals surface area contributed by atoms with E-state index in [1.54, 1.807) is 0 Å². The van der Waals surface area contributed by atoms with Crippen molar-refractivity contribution in [2.45, 2.75) is 5.41 Å². The Morgan fingerprint density at radius 3 is 1.75 bits per heavy atom. The maximum absolute atomic E-state index is 2.58. The second-order valence-electron chi connectivity index (χ2n) is 15.1. The second kappa shape index (κ2) is 12.1. The van der Waals surface area contributed by atoms with Crippen molar-refractivity contribution >= 4 is 63.8 Å². The summed E-state index contributed by atoms with van der Waals surface area (Å²) >= 11 is 1.90. The van der Waals surface area contributed by atoms with Crippen LogP contribution in [0.4, 0.5) is 0 Å². The molecule has 1 aliphatic rings. The molecule has 11 aromatic rings. The number of benzene rings is 10.